The lowest BCUT2D eigenvalue weighted by Crippen LogP contribution is -2.44. The normalized spacial score (nSPS) is 13.1. The molecule has 3 N–H and O–H groups in total. The Morgan fingerprint density at radius 1 is 0.977 bits per heavy atom. The number of nitrogens with one attached hydrogen (secondary N) is 3. The van der Waals surface area contributed by atoms with Crippen molar-refractivity contribution >= 4 is 46.3 Å². The second kappa shape index (κ2) is 14.2. The zero-order valence-electron chi connectivity index (χ0n) is 24.9. The Bertz CT molecular complexity index is 1610. The van der Waals surface area contributed by atoms with E-state index >= 15 is 0 Å². The van der Waals surface area contributed by atoms with Crippen molar-refractivity contribution in [1.29, 1.82) is 0 Å². The summed E-state index contributed by atoms with van der Waals surface area (Å²) in [6.45, 7) is 7.73. The molecule has 5 rings (SSSR count). The number of aromatic nitrogens is 2. The Morgan fingerprint density at radius 3 is 2.52 bits per heavy atom. The van der Waals surface area contributed by atoms with E-state index in [4.69, 9.17) is 4.74 Å². The third kappa shape index (κ3) is 7.50. The number of amides is 3. The molecule has 44 heavy (non-hydrogen) atoms. The molecular weight excluding hydrogens is 556 g/mol. The van der Waals surface area contributed by atoms with Crippen molar-refractivity contribution in [3.05, 3.63) is 103 Å². The van der Waals surface area contributed by atoms with E-state index in [1.807, 2.05) is 42.5 Å². The molecule has 3 amide bonds. The van der Waals surface area contributed by atoms with E-state index in [-0.39, 0.29) is 5.91 Å². The molecule has 3 aromatic carbocycles. The molecule has 0 bridgehead atoms. The Balaban J connectivity index is 1.42. The van der Waals surface area contributed by atoms with Gasteiger partial charge in [-0.15, -0.1) is 0 Å². The zero-order chi connectivity index (χ0) is 30.9. The third-order valence-electron chi connectivity index (χ3n) is 7.24. The van der Waals surface area contributed by atoms with Crippen LogP contribution in [0.3, 0.4) is 0 Å². The molecule has 0 atom stereocenters. The highest BCUT2D eigenvalue weighted by molar-refractivity contribution is 6.01. The minimum Gasteiger partial charge on any atom is -0.494 e. The number of piperazine rings is 1. The minimum absolute atomic E-state index is 0.316. The number of anilines is 6. The van der Waals surface area contributed by atoms with Gasteiger partial charge in [0.05, 0.1) is 18.5 Å². The molecule has 1 fully saturated rings. The summed E-state index contributed by atoms with van der Waals surface area (Å²) in [5.74, 6) is 1.11. The van der Waals surface area contributed by atoms with Gasteiger partial charge in [0.25, 0.3) is 0 Å². The van der Waals surface area contributed by atoms with Crippen LogP contribution in [0.2, 0.25) is 0 Å². The van der Waals surface area contributed by atoms with Crippen molar-refractivity contribution < 1.29 is 14.3 Å². The van der Waals surface area contributed by atoms with Gasteiger partial charge in [0.15, 0.2) is 0 Å². The summed E-state index contributed by atoms with van der Waals surface area (Å²) >= 11 is 0. The van der Waals surface area contributed by atoms with Crippen LogP contribution in [-0.2, 0) is 11.3 Å². The third-order valence-corrected chi connectivity index (χ3v) is 7.24. The van der Waals surface area contributed by atoms with E-state index in [2.05, 4.69) is 55.4 Å². The van der Waals surface area contributed by atoms with Crippen molar-refractivity contribution in [3.63, 3.8) is 0 Å². The van der Waals surface area contributed by atoms with Crippen LogP contribution in [0.15, 0.2) is 97.8 Å². The van der Waals surface area contributed by atoms with Crippen molar-refractivity contribution in [3.8, 4) is 5.75 Å². The number of carbonyl (C=O) groups excluding carboxylic acids is 2. The van der Waals surface area contributed by atoms with Gasteiger partial charge >= 0.3 is 6.03 Å². The Kier molecular flexibility index (Phi) is 9.68. The summed E-state index contributed by atoms with van der Waals surface area (Å²) in [6.07, 6.45) is 2.58. The highest BCUT2D eigenvalue weighted by Crippen LogP contribution is 2.33. The van der Waals surface area contributed by atoms with Crippen molar-refractivity contribution in [2.45, 2.75) is 6.54 Å². The lowest BCUT2D eigenvalue weighted by molar-refractivity contribution is -0.111. The fraction of sp³-hybridized carbons (Fsp3) is 0.212. The highest BCUT2D eigenvalue weighted by atomic mass is 16.5. The van der Waals surface area contributed by atoms with Crippen LogP contribution >= 0.6 is 0 Å². The summed E-state index contributed by atoms with van der Waals surface area (Å²) in [5, 5.41) is 9.03. The summed E-state index contributed by atoms with van der Waals surface area (Å²) in [4.78, 5) is 40.6. The quantitative estimate of drug-likeness (QED) is 0.217. The lowest BCUT2D eigenvalue weighted by Gasteiger charge is -2.34. The smallest absolute Gasteiger partial charge is 0.327 e. The Hall–Kier alpha value is -5.42. The van der Waals surface area contributed by atoms with E-state index in [0.717, 1.165) is 43.1 Å². The first-order chi connectivity index (χ1) is 21.4. The average Bonchev–Trinajstić information content (AvgIpc) is 3.05. The van der Waals surface area contributed by atoms with E-state index in [9.17, 15) is 9.59 Å². The van der Waals surface area contributed by atoms with Crippen LogP contribution in [0.4, 0.5) is 39.2 Å². The van der Waals surface area contributed by atoms with Gasteiger partial charge in [-0.3, -0.25) is 4.79 Å². The second-order valence-electron chi connectivity index (χ2n) is 10.3. The molecule has 0 saturated carbocycles. The van der Waals surface area contributed by atoms with Crippen molar-refractivity contribution in [2.24, 2.45) is 0 Å². The van der Waals surface area contributed by atoms with Gasteiger partial charge in [0.2, 0.25) is 5.91 Å². The molecule has 4 aromatic rings. The maximum absolute atomic E-state index is 13.7. The number of hydrogen-bond acceptors (Lipinski definition) is 8. The van der Waals surface area contributed by atoms with E-state index in [1.165, 1.54) is 17.3 Å². The molecule has 1 aliphatic rings. The fourth-order valence-electron chi connectivity index (χ4n) is 4.84. The zero-order valence-corrected chi connectivity index (χ0v) is 24.9. The number of urea groups is 1. The number of hydrogen-bond donors (Lipinski definition) is 3. The molecule has 2 heterocycles. The average molecular weight is 593 g/mol. The van der Waals surface area contributed by atoms with Crippen LogP contribution in [0.1, 0.15) is 5.56 Å². The second-order valence-corrected chi connectivity index (χ2v) is 10.3. The van der Waals surface area contributed by atoms with Gasteiger partial charge in [0.1, 0.15) is 23.7 Å². The topological polar surface area (TPSA) is 115 Å². The molecule has 1 saturated heterocycles. The molecule has 0 unspecified atom stereocenters. The first-order valence-electron chi connectivity index (χ1n) is 14.3. The fourth-order valence-corrected chi connectivity index (χ4v) is 4.84. The Labute approximate surface area is 257 Å². The number of carbonyl (C=O) groups is 2. The molecule has 226 valence electrons. The maximum atomic E-state index is 13.7. The van der Waals surface area contributed by atoms with E-state index in [1.54, 1.807) is 37.4 Å². The summed E-state index contributed by atoms with van der Waals surface area (Å²) in [7, 11) is 3.77. The molecule has 0 aliphatic carbocycles. The largest absolute Gasteiger partial charge is 0.494 e. The molecular formula is C33H36N8O3. The monoisotopic (exact) mass is 592 g/mol. The predicted molar refractivity (Wildman–Crippen MR) is 174 cm³/mol. The van der Waals surface area contributed by atoms with Crippen molar-refractivity contribution in [2.75, 3.05) is 60.8 Å². The predicted octanol–water partition coefficient (Wildman–Crippen LogP) is 5.15. The molecule has 0 spiro atoms. The molecule has 1 aromatic heterocycles. The van der Waals surface area contributed by atoms with Crippen LogP contribution < -0.4 is 30.5 Å². The van der Waals surface area contributed by atoms with Gasteiger partial charge < -0.3 is 30.5 Å². The van der Waals surface area contributed by atoms with Crippen LogP contribution in [0.25, 0.3) is 0 Å². The molecule has 0 radical (unpaired) electrons. The number of ether oxygens (including phenoxy) is 1. The summed E-state index contributed by atoms with van der Waals surface area (Å²) in [6, 6.07) is 23.9. The maximum Gasteiger partial charge on any atom is 0.327 e. The molecule has 11 heteroatoms. The van der Waals surface area contributed by atoms with E-state index < -0.39 is 6.03 Å². The number of rotatable bonds is 10. The first-order valence-corrected chi connectivity index (χ1v) is 14.3. The van der Waals surface area contributed by atoms with Crippen LogP contribution in [0.5, 0.6) is 5.75 Å². The summed E-state index contributed by atoms with van der Waals surface area (Å²) < 4.78 is 5.72. The van der Waals surface area contributed by atoms with Gasteiger partial charge in [-0.05, 0) is 49.0 Å². The number of benzene rings is 3. The molecule has 1 aliphatic heterocycles. The number of methoxy groups -OCH3 is 1. The Morgan fingerprint density at radius 2 is 1.77 bits per heavy atom. The SMILES string of the molecule is C=CC(=O)Nc1cccc(N(C(=O)NCc2ccccc2)c2cc(Nc3ccc(N4CCN(C)CC4)cc3OC)ncn2)c1. The van der Waals surface area contributed by atoms with E-state index in [0.29, 0.717) is 35.3 Å². The number of likely N-dealkylation sites (N-methyl/N-ethyl adjacent to an activating group) is 1. The van der Waals surface area contributed by atoms with Gasteiger partial charge in [-0.1, -0.05) is 43.0 Å². The lowest BCUT2D eigenvalue weighted by atomic mass is 10.2. The summed E-state index contributed by atoms with van der Waals surface area (Å²) in [5.41, 5.74) is 3.77. The standard InChI is InChI=1S/C33H36N8O3/c1-4-32(42)37-25-11-8-12-27(19-25)41(33(43)34-22-24-9-6-5-7-10-24)31-21-30(35-23-36-31)38-28-14-13-26(20-29(28)44-3)40-17-15-39(2)16-18-40/h4-14,19-21,23H,1,15-18,22H2,2-3H3,(H,34,43)(H,37,42)(H,35,36,38). The van der Waals surface area contributed by atoms with Gasteiger partial charge in [-0.2, -0.15) is 0 Å². The van der Waals surface area contributed by atoms with Gasteiger partial charge in [-0.25, -0.2) is 19.7 Å². The van der Waals surface area contributed by atoms with Crippen molar-refractivity contribution in [1.82, 2.24) is 20.2 Å². The number of nitrogens with zero attached hydrogens (tertiary/aromatic N) is 5. The first kappa shape index (κ1) is 30.1. The van der Waals surface area contributed by atoms with Crippen LogP contribution in [-0.4, -0.2) is 67.1 Å². The highest BCUT2D eigenvalue weighted by Gasteiger charge is 2.21. The molecule has 11 nitrogen and oxygen atoms in total. The minimum atomic E-state index is -0.403. The van der Waals surface area contributed by atoms with Gasteiger partial charge in [0, 0.05) is 56.2 Å². The van der Waals surface area contributed by atoms with Crippen LogP contribution in [0, 0.1) is 0 Å².